The molecule has 1 amide bonds. The molecule has 0 bridgehead atoms. The molecule has 1 saturated carbocycles. The lowest BCUT2D eigenvalue weighted by Crippen LogP contribution is -2.50. The van der Waals surface area contributed by atoms with Gasteiger partial charge < -0.3 is 10.6 Å². The van der Waals surface area contributed by atoms with E-state index in [1.54, 1.807) is 12.1 Å². The normalized spacial score (nSPS) is 28.9. The summed E-state index contributed by atoms with van der Waals surface area (Å²) < 4.78 is 13.7. The Morgan fingerprint density at radius 2 is 2.27 bits per heavy atom. The first-order valence-electron chi connectivity index (χ1n) is 8.37. The molecule has 1 unspecified atom stereocenters. The van der Waals surface area contributed by atoms with Crippen molar-refractivity contribution in [1.82, 2.24) is 10.6 Å². The lowest BCUT2D eigenvalue weighted by atomic mass is 9.67. The predicted molar refractivity (Wildman–Crippen MR) is 85.0 cm³/mol. The smallest absolute Gasteiger partial charge is 0.228 e. The summed E-state index contributed by atoms with van der Waals surface area (Å²) in [6, 6.07) is 6.74. The fraction of sp³-hybridized carbons (Fsp3) is 0.611. The van der Waals surface area contributed by atoms with E-state index in [0.717, 1.165) is 32.4 Å². The minimum Gasteiger partial charge on any atom is -0.353 e. The van der Waals surface area contributed by atoms with Gasteiger partial charge in [-0.15, -0.1) is 0 Å². The maximum atomic E-state index is 13.7. The second kappa shape index (κ2) is 6.37. The molecule has 0 aromatic heterocycles. The summed E-state index contributed by atoms with van der Waals surface area (Å²) in [5, 5.41) is 6.54. The number of amides is 1. The largest absolute Gasteiger partial charge is 0.353 e. The van der Waals surface area contributed by atoms with E-state index >= 15 is 0 Å². The third kappa shape index (κ3) is 2.89. The Bertz CT molecular complexity index is 548. The molecule has 120 valence electrons. The second-order valence-corrected chi connectivity index (χ2v) is 6.90. The van der Waals surface area contributed by atoms with Gasteiger partial charge in [0.25, 0.3) is 0 Å². The highest BCUT2D eigenvalue weighted by Crippen LogP contribution is 2.43. The third-order valence-corrected chi connectivity index (χ3v) is 5.35. The Kier molecular flexibility index (Phi) is 4.48. The summed E-state index contributed by atoms with van der Waals surface area (Å²) in [6.07, 6.45) is 5.01. The molecule has 2 fully saturated rings. The first kappa shape index (κ1) is 15.5. The minimum atomic E-state index is -0.234. The number of halogens is 1. The Hall–Kier alpha value is -1.42. The highest BCUT2D eigenvalue weighted by molar-refractivity contribution is 5.84. The molecule has 3 rings (SSSR count). The Morgan fingerprint density at radius 1 is 1.45 bits per heavy atom. The van der Waals surface area contributed by atoms with Crippen LogP contribution in [0.5, 0.6) is 0 Å². The average molecular weight is 304 g/mol. The van der Waals surface area contributed by atoms with Crippen molar-refractivity contribution in [2.24, 2.45) is 11.3 Å². The molecular weight excluding hydrogens is 279 g/mol. The number of carbonyl (C=O) groups excluding carboxylic acids is 1. The minimum absolute atomic E-state index is 0.0537. The van der Waals surface area contributed by atoms with Crippen LogP contribution in [0.3, 0.4) is 0 Å². The van der Waals surface area contributed by atoms with E-state index in [-0.39, 0.29) is 23.2 Å². The molecule has 2 aliphatic rings. The molecule has 3 nitrogen and oxygen atoms in total. The second-order valence-electron chi connectivity index (χ2n) is 6.90. The summed E-state index contributed by atoms with van der Waals surface area (Å²) in [4.78, 5) is 12.8. The molecule has 1 aromatic carbocycles. The van der Waals surface area contributed by atoms with Crippen molar-refractivity contribution < 1.29 is 9.18 Å². The Morgan fingerprint density at radius 3 is 3.09 bits per heavy atom. The summed E-state index contributed by atoms with van der Waals surface area (Å²) in [5.41, 5.74) is 0.430. The van der Waals surface area contributed by atoms with Gasteiger partial charge >= 0.3 is 0 Å². The Balaban J connectivity index is 1.65. The maximum absolute atomic E-state index is 13.7. The van der Waals surface area contributed by atoms with E-state index in [9.17, 15) is 9.18 Å². The van der Waals surface area contributed by atoms with Crippen LogP contribution in [0.25, 0.3) is 0 Å². The van der Waals surface area contributed by atoms with Crippen LogP contribution in [-0.4, -0.2) is 25.0 Å². The van der Waals surface area contributed by atoms with Crippen molar-refractivity contribution in [1.29, 1.82) is 0 Å². The molecule has 1 aromatic rings. The van der Waals surface area contributed by atoms with E-state index in [1.165, 1.54) is 12.5 Å². The van der Waals surface area contributed by atoms with Crippen molar-refractivity contribution in [2.45, 2.75) is 45.1 Å². The van der Waals surface area contributed by atoms with Crippen molar-refractivity contribution in [3.8, 4) is 0 Å². The fourth-order valence-electron chi connectivity index (χ4n) is 4.10. The summed E-state index contributed by atoms with van der Waals surface area (Å²) in [5.74, 6) is 0.424. The van der Waals surface area contributed by atoms with Crippen molar-refractivity contribution >= 4 is 5.91 Å². The maximum Gasteiger partial charge on any atom is 0.228 e. The number of hydrogen-bond donors (Lipinski definition) is 2. The van der Waals surface area contributed by atoms with E-state index < -0.39 is 0 Å². The molecule has 4 heteroatoms. The van der Waals surface area contributed by atoms with Crippen LogP contribution in [0.4, 0.5) is 4.39 Å². The topological polar surface area (TPSA) is 41.1 Å². The van der Waals surface area contributed by atoms with Gasteiger partial charge in [-0.1, -0.05) is 31.0 Å². The van der Waals surface area contributed by atoms with Gasteiger partial charge in [0.05, 0.1) is 5.41 Å². The van der Waals surface area contributed by atoms with Gasteiger partial charge in [-0.2, -0.15) is 0 Å². The van der Waals surface area contributed by atoms with Gasteiger partial charge in [0, 0.05) is 12.6 Å². The van der Waals surface area contributed by atoms with Gasteiger partial charge in [-0.25, -0.2) is 4.39 Å². The summed E-state index contributed by atoms with van der Waals surface area (Å²) >= 11 is 0. The van der Waals surface area contributed by atoms with E-state index in [2.05, 4.69) is 10.6 Å². The van der Waals surface area contributed by atoms with Crippen LogP contribution >= 0.6 is 0 Å². The first-order chi connectivity index (χ1) is 10.6. The van der Waals surface area contributed by atoms with Gasteiger partial charge in [0.2, 0.25) is 5.91 Å². The van der Waals surface area contributed by atoms with Crippen molar-refractivity contribution in [3.05, 3.63) is 35.6 Å². The molecule has 1 saturated heterocycles. The molecular formula is C18H25FN2O. The number of fused-ring (bicyclic) bond motifs is 1. The van der Waals surface area contributed by atoms with Gasteiger partial charge in [0.1, 0.15) is 5.82 Å². The van der Waals surface area contributed by atoms with Gasteiger partial charge in [-0.3, -0.25) is 4.79 Å². The van der Waals surface area contributed by atoms with E-state index in [1.807, 2.05) is 13.0 Å². The van der Waals surface area contributed by atoms with Gasteiger partial charge in [0.15, 0.2) is 0 Å². The Labute approximate surface area is 131 Å². The van der Waals surface area contributed by atoms with E-state index in [4.69, 9.17) is 0 Å². The molecule has 1 aliphatic heterocycles. The van der Waals surface area contributed by atoms with Crippen molar-refractivity contribution in [3.63, 3.8) is 0 Å². The SMILES string of the molecule is CC(Cc1ccccc1F)NC(=O)[C@@]12CCCC[C@H]1CNC2. The number of benzene rings is 1. The third-order valence-electron chi connectivity index (χ3n) is 5.35. The van der Waals surface area contributed by atoms with Crippen LogP contribution in [-0.2, 0) is 11.2 Å². The summed E-state index contributed by atoms with van der Waals surface area (Å²) in [6.45, 7) is 3.70. The highest BCUT2D eigenvalue weighted by atomic mass is 19.1. The number of hydrogen-bond acceptors (Lipinski definition) is 2. The average Bonchev–Trinajstić information content (AvgIpc) is 2.94. The van der Waals surface area contributed by atoms with Crippen LogP contribution in [0.2, 0.25) is 0 Å². The zero-order chi connectivity index (χ0) is 15.6. The summed E-state index contributed by atoms with van der Waals surface area (Å²) in [7, 11) is 0. The monoisotopic (exact) mass is 304 g/mol. The van der Waals surface area contributed by atoms with Crippen LogP contribution in [0.15, 0.2) is 24.3 Å². The first-order valence-corrected chi connectivity index (χ1v) is 8.37. The van der Waals surface area contributed by atoms with Crippen LogP contribution in [0.1, 0.15) is 38.2 Å². The highest BCUT2D eigenvalue weighted by Gasteiger charge is 2.49. The van der Waals surface area contributed by atoms with Crippen LogP contribution in [0, 0.1) is 17.2 Å². The number of nitrogens with one attached hydrogen (secondary N) is 2. The standard InChI is InChI=1S/C18H25FN2O/c1-13(10-14-6-2-3-8-16(14)19)21-17(22)18-9-5-4-7-15(18)11-20-12-18/h2-3,6,8,13,15,20H,4-5,7,9-12H2,1H3,(H,21,22)/t13?,15-,18+/m0/s1. The molecule has 1 aliphatic carbocycles. The molecule has 3 atom stereocenters. The number of carbonyl (C=O) groups is 1. The van der Waals surface area contributed by atoms with E-state index in [0.29, 0.717) is 17.9 Å². The van der Waals surface area contributed by atoms with Crippen molar-refractivity contribution in [2.75, 3.05) is 13.1 Å². The zero-order valence-corrected chi connectivity index (χ0v) is 13.2. The quantitative estimate of drug-likeness (QED) is 0.898. The lowest BCUT2D eigenvalue weighted by molar-refractivity contribution is -0.134. The van der Waals surface area contributed by atoms with Gasteiger partial charge in [-0.05, 0) is 50.3 Å². The molecule has 2 N–H and O–H groups in total. The zero-order valence-electron chi connectivity index (χ0n) is 13.2. The molecule has 0 spiro atoms. The molecule has 22 heavy (non-hydrogen) atoms. The van der Waals surface area contributed by atoms with Crippen LogP contribution < -0.4 is 10.6 Å². The number of rotatable bonds is 4. The molecule has 1 heterocycles. The fourth-order valence-corrected chi connectivity index (χ4v) is 4.10. The predicted octanol–water partition coefficient (Wildman–Crippen LogP) is 2.65. The molecule has 0 radical (unpaired) electrons. The lowest BCUT2D eigenvalue weighted by Gasteiger charge is -2.38.